The highest BCUT2D eigenvalue weighted by Gasteiger charge is 2.18. The molecule has 0 amide bonds. The predicted molar refractivity (Wildman–Crippen MR) is 80.8 cm³/mol. The van der Waals surface area contributed by atoms with Gasteiger partial charge in [0.25, 0.3) is 0 Å². The fourth-order valence-corrected chi connectivity index (χ4v) is 3.63. The number of fused-ring (bicyclic) bond motifs is 1. The topological polar surface area (TPSA) is 75.1 Å². The van der Waals surface area contributed by atoms with Gasteiger partial charge in [0.15, 0.2) is 0 Å². The third-order valence-electron chi connectivity index (χ3n) is 2.93. The van der Waals surface area contributed by atoms with Crippen molar-refractivity contribution in [1.29, 1.82) is 0 Å². The number of rotatable bonds is 4. The van der Waals surface area contributed by atoms with Crippen LogP contribution in [0.4, 0.5) is 5.82 Å². The highest BCUT2D eigenvalue weighted by Crippen LogP contribution is 2.33. The van der Waals surface area contributed by atoms with E-state index in [1.807, 2.05) is 17.5 Å². The molecule has 7 heteroatoms. The second kappa shape index (κ2) is 5.18. The van der Waals surface area contributed by atoms with Crippen LogP contribution in [0.5, 0.6) is 0 Å². The van der Waals surface area contributed by atoms with Crippen LogP contribution >= 0.6 is 22.7 Å². The van der Waals surface area contributed by atoms with Crippen LogP contribution < -0.4 is 5.32 Å². The number of anilines is 1. The van der Waals surface area contributed by atoms with Crippen molar-refractivity contribution in [2.45, 2.75) is 13.5 Å². The summed E-state index contributed by atoms with van der Waals surface area (Å²) in [5, 5.41) is 15.3. The van der Waals surface area contributed by atoms with Crippen LogP contribution in [0.1, 0.15) is 20.1 Å². The molecule has 0 atom stereocenters. The number of thiophene rings is 2. The average molecular weight is 305 g/mol. The minimum Gasteiger partial charge on any atom is -0.477 e. The van der Waals surface area contributed by atoms with Crippen LogP contribution in [0.25, 0.3) is 10.2 Å². The summed E-state index contributed by atoms with van der Waals surface area (Å²) in [6.45, 7) is 2.46. The largest absolute Gasteiger partial charge is 0.477 e. The fraction of sp³-hybridized carbons (Fsp3) is 0.154. The van der Waals surface area contributed by atoms with Crippen LogP contribution in [0.3, 0.4) is 0 Å². The second-order valence-electron chi connectivity index (χ2n) is 4.20. The molecule has 0 spiro atoms. The van der Waals surface area contributed by atoms with E-state index in [0.29, 0.717) is 27.6 Å². The summed E-state index contributed by atoms with van der Waals surface area (Å²) < 4.78 is 0. The van der Waals surface area contributed by atoms with E-state index in [0.717, 1.165) is 5.39 Å². The number of carbonyl (C=O) groups is 1. The molecule has 20 heavy (non-hydrogen) atoms. The number of carboxylic acids is 1. The number of carboxylic acid groups (broad SMARTS) is 1. The number of nitrogens with one attached hydrogen (secondary N) is 1. The van der Waals surface area contributed by atoms with Crippen molar-refractivity contribution in [3.63, 3.8) is 0 Å². The van der Waals surface area contributed by atoms with E-state index in [9.17, 15) is 9.90 Å². The molecule has 0 saturated heterocycles. The van der Waals surface area contributed by atoms with Gasteiger partial charge in [-0.3, -0.25) is 0 Å². The standard InChI is InChI=1S/C13H11N3O2S2/c1-7-9-11(14-5-8-3-2-4-19-8)15-6-16-12(9)20-10(7)13(17)18/h2-4,6H,5H2,1H3,(H,17,18)(H,14,15,16). The fourth-order valence-electron chi connectivity index (χ4n) is 1.99. The minimum atomic E-state index is -0.922. The molecule has 0 aliphatic heterocycles. The van der Waals surface area contributed by atoms with E-state index in [4.69, 9.17) is 0 Å². The first-order valence-corrected chi connectivity index (χ1v) is 7.60. The monoisotopic (exact) mass is 305 g/mol. The summed E-state index contributed by atoms with van der Waals surface area (Å²) in [5.74, 6) is -0.237. The van der Waals surface area contributed by atoms with Crippen molar-refractivity contribution < 1.29 is 9.90 Å². The summed E-state index contributed by atoms with van der Waals surface area (Å²) in [6.07, 6.45) is 1.46. The molecule has 0 aliphatic carbocycles. The van der Waals surface area contributed by atoms with Gasteiger partial charge >= 0.3 is 5.97 Å². The molecule has 0 bridgehead atoms. The van der Waals surface area contributed by atoms with Crippen LogP contribution in [0, 0.1) is 6.92 Å². The zero-order chi connectivity index (χ0) is 14.1. The SMILES string of the molecule is Cc1c(C(=O)O)sc2ncnc(NCc3cccs3)c12. The van der Waals surface area contributed by atoms with Crippen molar-refractivity contribution in [3.8, 4) is 0 Å². The van der Waals surface area contributed by atoms with Gasteiger partial charge in [-0.05, 0) is 23.9 Å². The third kappa shape index (κ3) is 2.25. The van der Waals surface area contributed by atoms with Gasteiger partial charge < -0.3 is 10.4 Å². The molecule has 3 rings (SSSR count). The number of aromatic nitrogens is 2. The Kier molecular flexibility index (Phi) is 3.37. The van der Waals surface area contributed by atoms with Crippen molar-refractivity contribution in [1.82, 2.24) is 9.97 Å². The van der Waals surface area contributed by atoms with Crippen molar-refractivity contribution >= 4 is 44.7 Å². The normalized spacial score (nSPS) is 10.8. The van der Waals surface area contributed by atoms with E-state index in [-0.39, 0.29) is 0 Å². The van der Waals surface area contributed by atoms with Crippen LogP contribution in [0.15, 0.2) is 23.8 Å². The van der Waals surface area contributed by atoms with Crippen molar-refractivity contribution in [2.75, 3.05) is 5.32 Å². The Morgan fingerprint density at radius 2 is 2.30 bits per heavy atom. The molecule has 0 fully saturated rings. The summed E-state index contributed by atoms with van der Waals surface area (Å²) in [4.78, 5) is 21.8. The first kappa shape index (κ1) is 13.0. The second-order valence-corrected chi connectivity index (χ2v) is 6.23. The molecule has 0 saturated carbocycles. The van der Waals surface area contributed by atoms with E-state index in [1.54, 1.807) is 18.3 Å². The highest BCUT2D eigenvalue weighted by atomic mass is 32.1. The highest BCUT2D eigenvalue weighted by molar-refractivity contribution is 7.20. The number of hydrogen-bond donors (Lipinski definition) is 2. The molecule has 5 nitrogen and oxygen atoms in total. The van der Waals surface area contributed by atoms with E-state index in [1.165, 1.54) is 22.5 Å². The maximum Gasteiger partial charge on any atom is 0.346 e. The summed E-state index contributed by atoms with van der Waals surface area (Å²) >= 11 is 2.85. The Labute approximate surface area is 122 Å². The van der Waals surface area contributed by atoms with Gasteiger partial charge in [0.05, 0.1) is 11.9 Å². The Balaban J connectivity index is 2.00. The molecule has 2 N–H and O–H groups in total. The Hall–Kier alpha value is -1.99. The van der Waals surface area contributed by atoms with Gasteiger partial charge in [-0.15, -0.1) is 22.7 Å². The number of aryl methyl sites for hydroxylation is 1. The van der Waals surface area contributed by atoms with E-state index < -0.39 is 5.97 Å². The van der Waals surface area contributed by atoms with Crippen molar-refractivity contribution in [2.24, 2.45) is 0 Å². The maximum atomic E-state index is 11.2. The van der Waals surface area contributed by atoms with Gasteiger partial charge in [-0.25, -0.2) is 14.8 Å². The van der Waals surface area contributed by atoms with Gasteiger partial charge in [0.2, 0.25) is 0 Å². The lowest BCUT2D eigenvalue weighted by Crippen LogP contribution is -2.01. The average Bonchev–Trinajstić information content (AvgIpc) is 3.05. The van der Waals surface area contributed by atoms with Gasteiger partial charge in [-0.2, -0.15) is 0 Å². The first-order valence-electron chi connectivity index (χ1n) is 5.90. The number of hydrogen-bond acceptors (Lipinski definition) is 6. The summed E-state index contributed by atoms with van der Waals surface area (Å²) in [6, 6.07) is 4.04. The lowest BCUT2D eigenvalue weighted by molar-refractivity contribution is 0.0701. The lowest BCUT2D eigenvalue weighted by atomic mass is 10.2. The van der Waals surface area contributed by atoms with Gasteiger partial charge in [0.1, 0.15) is 21.9 Å². The molecular formula is C13H11N3O2S2. The minimum absolute atomic E-state index is 0.319. The summed E-state index contributed by atoms with van der Waals surface area (Å²) in [5.41, 5.74) is 0.715. The van der Waals surface area contributed by atoms with Gasteiger partial charge in [-0.1, -0.05) is 6.07 Å². The molecule has 3 aromatic rings. The van der Waals surface area contributed by atoms with Gasteiger partial charge in [0, 0.05) is 4.88 Å². The Morgan fingerprint density at radius 3 is 3.00 bits per heavy atom. The van der Waals surface area contributed by atoms with Crippen LogP contribution in [0.2, 0.25) is 0 Å². The quantitative estimate of drug-likeness (QED) is 0.773. The first-order chi connectivity index (χ1) is 9.66. The van der Waals surface area contributed by atoms with Crippen LogP contribution in [-0.2, 0) is 6.54 Å². The predicted octanol–water partition coefficient (Wildman–Crippen LogP) is 3.37. The molecule has 0 radical (unpaired) electrons. The third-order valence-corrected chi connectivity index (χ3v) is 5.00. The molecule has 0 aliphatic rings. The van der Waals surface area contributed by atoms with E-state index in [2.05, 4.69) is 15.3 Å². The number of aromatic carboxylic acids is 1. The number of nitrogens with zero attached hydrogens (tertiary/aromatic N) is 2. The molecular weight excluding hydrogens is 294 g/mol. The molecule has 0 aromatic carbocycles. The van der Waals surface area contributed by atoms with E-state index >= 15 is 0 Å². The summed E-state index contributed by atoms with van der Waals surface area (Å²) in [7, 11) is 0. The Morgan fingerprint density at radius 1 is 1.45 bits per heavy atom. The molecule has 3 heterocycles. The van der Waals surface area contributed by atoms with Crippen LogP contribution in [-0.4, -0.2) is 21.0 Å². The maximum absolute atomic E-state index is 11.2. The van der Waals surface area contributed by atoms with Crippen molar-refractivity contribution in [3.05, 3.63) is 39.2 Å². The molecule has 0 unspecified atom stereocenters. The Bertz CT molecular complexity index is 765. The molecule has 3 aromatic heterocycles. The lowest BCUT2D eigenvalue weighted by Gasteiger charge is -2.05. The zero-order valence-corrected chi connectivity index (χ0v) is 12.2. The molecule has 102 valence electrons. The smallest absolute Gasteiger partial charge is 0.346 e. The zero-order valence-electron chi connectivity index (χ0n) is 10.6.